The Morgan fingerprint density at radius 1 is 1.37 bits per heavy atom. The van der Waals surface area contributed by atoms with Crippen LogP contribution in [0, 0.1) is 17.4 Å². The SMILES string of the molecule is COc1ccc(C)cc1Cn1cnc(C)c(I)c1=O. The van der Waals surface area contributed by atoms with E-state index in [1.165, 1.54) is 0 Å². The maximum absolute atomic E-state index is 12.2. The fourth-order valence-electron chi connectivity index (χ4n) is 1.87. The van der Waals surface area contributed by atoms with Gasteiger partial charge in [0.15, 0.2) is 0 Å². The van der Waals surface area contributed by atoms with Gasteiger partial charge in [0.2, 0.25) is 0 Å². The zero-order valence-electron chi connectivity index (χ0n) is 11.1. The average molecular weight is 370 g/mol. The number of ether oxygens (including phenoxy) is 1. The van der Waals surface area contributed by atoms with E-state index < -0.39 is 0 Å². The third-order valence-corrected chi connectivity index (χ3v) is 4.18. The Hall–Kier alpha value is -1.37. The topological polar surface area (TPSA) is 44.1 Å². The van der Waals surface area contributed by atoms with Crippen LogP contribution in [0.5, 0.6) is 5.75 Å². The minimum atomic E-state index is -0.0170. The van der Waals surface area contributed by atoms with Gasteiger partial charge in [-0.2, -0.15) is 0 Å². The van der Waals surface area contributed by atoms with Crippen molar-refractivity contribution in [1.29, 1.82) is 0 Å². The van der Waals surface area contributed by atoms with Crippen LogP contribution in [-0.4, -0.2) is 16.7 Å². The standard InChI is InChI=1S/C14H15IN2O2/c1-9-4-5-12(19-3)11(6-9)7-17-8-16-10(2)13(15)14(17)18/h4-6,8H,7H2,1-3H3. The van der Waals surface area contributed by atoms with Crippen LogP contribution in [0.1, 0.15) is 16.8 Å². The fraction of sp³-hybridized carbons (Fsp3) is 0.286. The minimum Gasteiger partial charge on any atom is -0.496 e. The van der Waals surface area contributed by atoms with Gasteiger partial charge in [0.1, 0.15) is 5.75 Å². The van der Waals surface area contributed by atoms with Gasteiger partial charge >= 0.3 is 0 Å². The van der Waals surface area contributed by atoms with E-state index in [1.54, 1.807) is 18.0 Å². The highest BCUT2D eigenvalue weighted by Gasteiger charge is 2.09. The zero-order chi connectivity index (χ0) is 14.0. The number of nitrogens with zero attached hydrogens (tertiary/aromatic N) is 2. The van der Waals surface area contributed by atoms with Crippen molar-refractivity contribution >= 4 is 22.6 Å². The lowest BCUT2D eigenvalue weighted by Gasteiger charge is -2.11. The molecule has 1 aromatic carbocycles. The lowest BCUT2D eigenvalue weighted by atomic mass is 10.1. The highest BCUT2D eigenvalue weighted by atomic mass is 127. The normalized spacial score (nSPS) is 10.5. The molecule has 0 atom stereocenters. The predicted molar refractivity (Wildman–Crippen MR) is 82.8 cm³/mol. The van der Waals surface area contributed by atoms with Gasteiger partial charge in [-0.25, -0.2) is 4.98 Å². The summed E-state index contributed by atoms with van der Waals surface area (Å²) in [5, 5.41) is 0. The molecule has 0 N–H and O–H groups in total. The molecule has 0 unspecified atom stereocenters. The first-order chi connectivity index (χ1) is 9.02. The second kappa shape index (κ2) is 5.73. The van der Waals surface area contributed by atoms with E-state index in [1.807, 2.05) is 54.6 Å². The Labute approximate surface area is 125 Å². The summed E-state index contributed by atoms with van der Waals surface area (Å²) in [5.74, 6) is 0.785. The van der Waals surface area contributed by atoms with Crippen molar-refractivity contribution in [1.82, 2.24) is 9.55 Å². The summed E-state index contributed by atoms with van der Waals surface area (Å²) >= 11 is 2.03. The first kappa shape index (κ1) is 14.0. The minimum absolute atomic E-state index is 0.0170. The second-order valence-corrected chi connectivity index (χ2v) is 5.47. The van der Waals surface area contributed by atoms with Crippen LogP contribution < -0.4 is 10.3 Å². The molecule has 1 aromatic heterocycles. The molecule has 0 bridgehead atoms. The zero-order valence-corrected chi connectivity index (χ0v) is 13.3. The Morgan fingerprint density at radius 3 is 2.79 bits per heavy atom. The lowest BCUT2D eigenvalue weighted by molar-refractivity contribution is 0.408. The van der Waals surface area contributed by atoms with E-state index in [-0.39, 0.29) is 5.56 Å². The van der Waals surface area contributed by atoms with Crippen LogP contribution in [0.4, 0.5) is 0 Å². The largest absolute Gasteiger partial charge is 0.496 e. The number of rotatable bonds is 3. The van der Waals surface area contributed by atoms with Gasteiger partial charge in [0.05, 0.1) is 29.2 Å². The van der Waals surface area contributed by atoms with Crippen LogP contribution in [0.15, 0.2) is 29.3 Å². The number of benzene rings is 1. The maximum Gasteiger partial charge on any atom is 0.267 e. The monoisotopic (exact) mass is 370 g/mol. The van der Waals surface area contributed by atoms with Crippen molar-refractivity contribution < 1.29 is 4.74 Å². The average Bonchev–Trinajstić information content (AvgIpc) is 2.40. The molecule has 0 amide bonds. The van der Waals surface area contributed by atoms with Crippen molar-refractivity contribution in [3.05, 3.63) is 55.3 Å². The Morgan fingerprint density at radius 2 is 2.11 bits per heavy atom. The van der Waals surface area contributed by atoms with Crippen molar-refractivity contribution in [2.75, 3.05) is 7.11 Å². The predicted octanol–water partition coefficient (Wildman–Crippen LogP) is 2.52. The molecule has 1 heterocycles. The molecule has 0 saturated carbocycles. The van der Waals surface area contributed by atoms with Crippen molar-refractivity contribution in [3.8, 4) is 5.75 Å². The molecule has 0 aliphatic carbocycles. The second-order valence-electron chi connectivity index (χ2n) is 4.39. The maximum atomic E-state index is 12.2. The van der Waals surface area contributed by atoms with Crippen LogP contribution in [0.2, 0.25) is 0 Å². The molecule has 0 spiro atoms. The van der Waals surface area contributed by atoms with Gasteiger partial charge in [0, 0.05) is 5.56 Å². The van der Waals surface area contributed by atoms with E-state index in [4.69, 9.17) is 4.74 Å². The third kappa shape index (κ3) is 2.97. The molecule has 0 saturated heterocycles. The van der Waals surface area contributed by atoms with Crippen LogP contribution in [0.25, 0.3) is 0 Å². The van der Waals surface area contributed by atoms with Crippen molar-refractivity contribution in [2.45, 2.75) is 20.4 Å². The Balaban J connectivity index is 2.44. The Kier molecular flexibility index (Phi) is 4.24. The van der Waals surface area contributed by atoms with Gasteiger partial charge in [-0.3, -0.25) is 9.36 Å². The van der Waals surface area contributed by atoms with E-state index in [9.17, 15) is 4.79 Å². The molecule has 2 rings (SSSR count). The molecular formula is C14H15IN2O2. The van der Waals surface area contributed by atoms with Crippen molar-refractivity contribution in [2.24, 2.45) is 0 Å². The molecule has 0 fully saturated rings. The van der Waals surface area contributed by atoms with Crippen LogP contribution >= 0.6 is 22.6 Å². The summed E-state index contributed by atoms with van der Waals surface area (Å²) in [7, 11) is 1.63. The van der Waals surface area contributed by atoms with E-state index in [0.717, 1.165) is 22.6 Å². The number of hydrogen-bond donors (Lipinski definition) is 0. The van der Waals surface area contributed by atoms with Gasteiger partial charge in [-0.15, -0.1) is 0 Å². The molecule has 0 radical (unpaired) electrons. The summed E-state index contributed by atoms with van der Waals surface area (Å²) < 4.78 is 7.59. The summed E-state index contributed by atoms with van der Waals surface area (Å²) in [6.45, 7) is 4.32. The molecule has 100 valence electrons. The van der Waals surface area contributed by atoms with E-state index in [2.05, 4.69) is 4.98 Å². The molecule has 0 aliphatic heterocycles. The number of hydrogen-bond acceptors (Lipinski definition) is 3. The Bertz CT molecular complexity index is 665. The molecule has 4 nitrogen and oxygen atoms in total. The molecule has 5 heteroatoms. The highest BCUT2D eigenvalue weighted by molar-refractivity contribution is 14.1. The summed E-state index contributed by atoms with van der Waals surface area (Å²) in [5.41, 5.74) is 2.86. The number of halogens is 1. The van der Waals surface area contributed by atoms with Gasteiger partial charge in [-0.05, 0) is 42.5 Å². The van der Waals surface area contributed by atoms with Crippen molar-refractivity contribution in [3.63, 3.8) is 0 Å². The van der Waals surface area contributed by atoms with Gasteiger partial charge < -0.3 is 4.74 Å². The highest BCUT2D eigenvalue weighted by Crippen LogP contribution is 2.20. The third-order valence-electron chi connectivity index (χ3n) is 2.93. The number of aromatic nitrogens is 2. The molecular weight excluding hydrogens is 355 g/mol. The van der Waals surface area contributed by atoms with Crippen LogP contribution in [-0.2, 0) is 6.54 Å². The molecule has 0 aliphatic rings. The summed E-state index contributed by atoms with van der Waals surface area (Å²) in [6, 6.07) is 5.93. The first-order valence-corrected chi connectivity index (χ1v) is 6.96. The first-order valence-electron chi connectivity index (χ1n) is 5.88. The van der Waals surface area contributed by atoms with Gasteiger partial charge in [0.25, 0.3) is 5.56 Å². The number of methoxy groups -OCH3 is 1. The summed E-state index contributed by atoms with van der Waals surface area (Å²) in [6.07, 6.45) is 1.58. The van der Waals surface area contributed by atoms with E-state index >= 15 is 0 Å². The molecule has 2 aromatic rings. The lowest BCUT2D eigenvalue weighted by Crippen LogP contribution is -2.24. The fourth-order valence-corrected chi connectivity index (χ4v) is 2.32. The summed E-state index contributed by atoms with van der Waals surface area (Å²) in [4.78, 5) is 16.4. The van der Waals surface area contributed by atoms with E-state index in [0.29, 0.717) is 10.1 Å². The quantitative estimate of drug-likeness (QED) is 0.780. The van der Waals surface area contributed by atoms with Gasteiger partial charge in [-0.1, -0.05) is 17.7 Å². The molecule has 19 heavy (non-hydrogen) atoms. The van der Waals surface area contributed by atoms with Crippen LogP contribution in [0.3, 0.4) is 0 Å². The number of aryl methyl sites for hydroxylation is 2. The smallest absolute Gasteiger partial charge is 0.267 e.